The van der Waals surface area contributed by atoms with Crippen LogP contribution in [0.5, 0.6) is 11.5 Å². The van der Waals surface area contributed by atoms with E-state index in [0.29, 0.717) is 17.1 Å². The van der Waals surface area contributed by atoms with Gasteiger partial charge in [0.25, 0.3) is 6.33 Å². The lowest BCUT2D eigenvalue weighted by Crippen LogP contribution is -2.33. The van der Waals surface area contributed by atoms with Crippen LogP contribution in [0, 0.1) is 6.33 Å². The van der Waals surface area contributed by atoms with Crippen molar-refractivity contribution in [3.05, 3.63) is 211 Å². The quantitative estimate of drug-likeness (QED) is 0.118. The Morgan fingerprint density at radius 1 is 0.583 bits per heavy atom. The van der Waals surface area contributed by atoms with Crippen LogP contribution < -0.4 is 9.30 Å². The third kappa shape index (κ3) is 7.06. The number of hydrogen-bond acceptors (Lipinski definition) is 3. The van der Waals surface area contributed by atoms with E-state index in [9.17, 15) is 0 Å². The molecule has 8 aromatic carbocycles. The molecule has 1 aliphatic rings. The van der Waals surface area contributed by atoms with Gasteiger partial charge in [0.2, 0.25) is 0 Å². The van der Waals surface area contributed by atoms with Gasteiger partial charge in [0.1, 0.15) is 17.2 Å². The number of imidazole rings is 1. The van der Waals surface area contributed by atoms with E-state index < -0.39 is 0 Å². The topological polar surface area (TPSA) is 49.0 Å². The maximum absolute atomic E-state index is 7.26. The number of ether oxygens (including phenoxy) is 1. The third-order valence-corrected chi connectivity index (χ3v) is 15.5. The predicted molar refractivity (Wildman–Crippen MR) is 294 cm³/mol. The maximum Gasteiger partial charge on any atom is 0.269 e. The number of pyridine rings is 1. The van der Waals surface area contributed by atoms with Crippen molar-refractivity contribution < 1.29 is 13.7 Å². The van der Waals surface area contributed by atoms with Gasteiger partial charge in [-0.2, -0.15) is 0 Å². The number of benzene rings is 8. The zero-order valence-corrected chi connectivity index (χ0v) is 41.9. The molecule has 0 radical (unpaired) electrons. The van der Waals surface area contributed by atoms with Crippen molar-refractivity contribution in [2.45, 2.75) is 77.6 Å². The average molecular weight is 937 g/mol. The monoisotopic (exact) mass is 936 g/mol. The van der Waals surface area contributed by atoms with Crippen LogP contribution in [-0.4, -0.2) is 14.1 Å². The molecule has 4 aromatic heterocycles. The van der Waals surface area contributed by atoms with Gasteiger partial charge in [-0.15, -0.1) is 0 Å². The Labute approximate surface area is 420 Å². The van der Waals surface area contributed by atoms with Crippen LogP contribution in [0.2, 0.25) is 0 Å². The molecule has 0 unspecified atom stereocenters. The van der Waals surface area contributed by atoms with Crippen molar-refractivity contribution in [1.29, 1.82) is 0 Å². The van der Waals surface area contributed by atoms with Crippen LogP contribution in [-0.2, 0) is 16.2 Å². The molecule has 0 amide bonds. The van der Waals surface area contributed by atoms with Crippen molar-refractivity contribution >= 4 is 54.8 Å². The first-order chi connectivity index (χ1) is 34.8. The van der Waals surface area contributed by atoms with E-state index in [2.05, 4.69) is 250 Å². The van der Waals surface area contributed by atoms with Gasteiger partial charge in [-0.1, -0.05) is 170 Å². The van der Waals surface area contributed by atoms with Crippen LogP contribution in [0.15, 0.2) is 193 Å². The molecule has 4 heterocycles. The molecular formula is C66H56N4O2. The van der Waals surface area contributed by atoms with Gasteiger partial charge in [0, 0.05) is 33.8 Å². The molecule has 13 rings (SSSR count). The number of rotatable bonds is 7. The van der Waals surface area contributed by atoms with Crippen LogP contribution in [0.25, 0.3) is 94.2 Å². The number of nitrogens with zero attached hydrogens (tertiary/aromatic N) is 4. The summed E-state index contributed by atoms with van der Waals surface area (Å²) in [5.41, 5.74) is 16.1. The fourth-order valence-electron chi connectivity index (χ4n) is 11.4. The van der Waals surface area contributed by atoms with Crippen LogP contribution in [0.3, 0.4) is 0 Å². The van der Waals surface area contributed by atoms with Gasteiger partial charge < -0.3 is 9.15 Å². The summed E-state index contributed by atoms with van der Waals surface area (Å²) in [6, 6.07) is 65.0. The summed E-state index contributed by atoms with van der Waals surface area (Å²) in [5.74, 6) is 2.19. The predicted octanol–water partition coefficient (Wildman–Crippen LogP) is 16.9. The zero-order chi connectivity index (χ0) is 49.1. The van der Waals surface area contributed by atoms with E-state index in [1.54, 1.807) is 0 Å². The lowest BCUT2D eigenvalue weighted by Gasteiger charge is -2.41. The van der Waals surface area contributed by atoms with Crippen molar-refractivity contribution in [3.63, 3.8) is 0 Å². The number of aromatic nitrogens is 4. The molecule has 0 bridgehead atoms. The van der Waals surface area contributed by atoms with E-state index in [1.165, 1.54) is 16.7 Å². The average Bonchev–Trinajstić information content (AvgIpc) is 4.07. The smallest absolute Gasteiger partial charge is 0.269 e. The lowest BCUT2D eigenvalue weighted by atomic mass is 9.63. The van der Waals surface area contributed by atoms with Gasteiger partial charge in [-0.3, -0.25) is 13.7 Å². The highest BCUT2D eigenvalue weighted by molar-refractivity contribution is 6.10. The highest BCUT2D eigenvalue weighted by Gasteiger charge is 2.38. The SMILES string of the molecule is CC(C)(C)c1ccnc(-n2c3ccccc3c3ccc(Oc4cc(-[n+]5[c-]n(-c6c(-c7ccccc7)cccc6-c6ccccc6)c6ccccc65)cc5c4oc4cc6c(cc45)C(C)(C)CCC6(C)C)cc32)c1. The highest BCUT2D eigenvalue weighted by Crippen LogP contribution is 2.50. The second kappa shape index (κ2) is 16.2. The Morgan fingerprint density at radius 2 is 1.22 bits per heavy atom. The standard InChI is InChI=1S/C66H56N4O2/c1-64(2,3)44-31-34-67-61(35-44)70-55-26-15-14-23-49(55)50-30-29-46(38-58(50)70)71-60-37-45(36-52-51-39-53-54(40-59(51)72-63(52)60)66(6,7)33-32-65(53,4)5)68-41-69(57-28-17-16-27-56(57)68)62-47(42-19-10-8-11-20-42)24-18-25-48(62)43-21-12-9-13-22-43/h8-31,34-40H,32-33H2,1-7H3. The first kappa shape index (κ1) is 43.8. The largest absolute Gasteiger partial charge is 0.454 e. The minimum Gasteiger partial charge on any atom is -0.454 e. The molecule has 0 aliphatic heterocycles. The molecule has 0 N–H and O–H groups in total. The zero-order valence-electron chi connectivity index (χ0n) is 41.9. The summed E-state index contributed by atoms with van der Waals surface area (Å²) in [6.07, 6.45) is 8.08. The summed E-state index contributed by atoms with van der Waals surface area (Å²) in [6.45, 7) is 16.2. The van der Waals surface area contributed by atoms with Gasteiger partial charge in [-0.25, -0.2) is 4.98 Å². The molecule has 0 spiro atoms. The summed E-state index contributed by atoms with van der Waals surface area (Å²) in [5, 5.41) is 4.35. The van der Waals surface area contributed by atoms with Crippen molar-refractivity contribution in [1.82, 2.24) is 14.1 Å². The maximum atomic E-state index is 7.26. The molecule has 72 heavy (non-hydrogen) atoms. The molecular weight excluding hydrogens is 881 g/mol. The molecule has 0 saturated carbocycles. The fraction of sp³-hybridized carbons (Fsp3) is 0.182. The second-order valence-electron chi connectivity index (χ2n) is 22.1. The Kier molecular flexibility index (Phi) is 9.82. The molecule has 0 saturated heterocycles. The summed E-state index contributed by atoms with van der Waals surface area (Å²) < 4.78 is 21.0. The van der Waals surface area contributed by atoms with E-state index >= 15 is 0 Å². The fourth-order valence-corrected chi connectivity index (χ4v) is 11.4. The van der Waals surface area contributed by atoms with E-state index in [-0.39, 0.29) is 16.2 Å². The van der Waals surface area contributed by atoms with Crippen LogP contribution in [0.1, 0.15) is 78.0 Å². The first-order valence-corrected chi connectivity index (χ1v) is 25.2. The Hall–Kier alpha value is -8.22. The minimum atomic E-state index is -0.0460. The lowest BCUT2D eigenvalue weighted by molar-refractivity contribution is -0.572. The van der Waals surface area contributed by atoms with Crippen LogP contribution >= 0.6 is 0 Å². The number of hydrogen-bond donors (Lipinski definition) is 0. The molecule has 12 aromatic rings. The minimum absolute atomic E-state index is 0.00720. The molecule has 0 atom stereocenters. The molecule has 6 nitrogen and oxygen atoms in total. The molecule has 0 fully saturated rings. The Balaban J connectivity index is 1.06. The van der Waals surface area contributed by atoms with Crippen LogP contribution in [0.4, 0.5) is 0 Å². The summed E-state index contributed by atoms with van der Waals surface area (Å²) >= 11 is 0. The molecule has 352 valence electrons. The first-order valence-electron chi connectivity index (χ1n) is 25.2. The van der Waals surface area contributed by atoms with E-state index in [0.717, 1.165) is 101 Å². The normalized spacial score (nSPS) is 14.4. The number of furan rings is 1. The van der Waals surface area contributed by atoms with Gasteiger partial charge in [0.05, 0.1) is 33.4 Å². The number of fused-ring (bicyclic) bond motifs is 8. The van der Waals surface area contributed by atoms with E-state index in [4.69, 9.17) is 14.1 Å². The van der Waals surface area contributed by atoms with Crippen molar-refractivity contribution in [3.8, 4) is 50.9 Å². The molecule has 1 aliphatic carbocycles. The Bertz CT molecular complexity index is 4050. The molecule has 6 heteroatoms. The Morgan fingerprint density at radius 3 is 1.93 bits per heavy atom. The highest BCUT2D eigenvalue weighted by atomic mass is 16.5. The second-order valence-corrected chi connectivity index (χ2v) is 22.1. The third-order valence-electron chi connectivity index (χ3n) is 15.5. The van der Waals surface area contributed by atoms with Gasteiger partial charge in [0.15, 0.2) is 11.3 Å². The van der Waals surface area contributed by atoms with Gasteiger partial charge in [-0.05, 0) is 123 Å². The van der Waals surface area contributed by atoms with Gasteiger partial charge >= 0.3 is 0 Å². The number of para-hydroxylation sites is 4. The van der Waals surface area contributed by atoms with Crippen molar-refractivity contribution in [2.75, 3.05) is 0 Å². The summed E-state index contributed by atoms with van der Waals surface area (Å²) in [7, 11) is 0. The summed E-state index contributed by atoms with van der Waals surface area (Å²) in [4.78, 5) is 4.97. The van der Waals surface area contributed by atoms with E-state index in [1.807, 2.05) is 6.20 Å². The van der Waals surface area contributed by atoms with Crippen molar-refractivity contribution in [2.24, 2.45) is 0 Å².